The van der Waals surface area contributed by atoms with Gasteiger partial charge < -0.3 is 23.9 Å². The minimum absolute atomic E-state index is 0.155. The number of hydrogen-bond donors (Lipinski definition) is 2. The van der Waals surface area contributed by atoms with E-state index in [0.717, 1.165) is 29.1 Å². The van der Waals surface area contributed by atoms with Crippen molar-refractivity contribution >= 4 is 35.0 Å². The maximum atomic E-state index is 15.3. The van der Waals surface area contributed by atoms with Gasteiger partial charge in [-0.2, -0.15) is 5.10 Å². The molecule has 0 bridgehead atoms. The largest absolute Gasteiger partial charge is 0.451 e. The van der Waals surface area contributed by atoms with Gasteiger partial charge in [-0.1, -0.05) is 31.1 Å². The second-order valence-electron chi connectivity index (χ2n) is 17.7. The lowest BCUT2D eigenvalue weighted by Gasteiger charge is -2.33. The summed E-state index contributed by atoms with van der Waals surface area (Å²) in [7, 11) is -0.879. The maximum Gasteiger partial charge on any atom is 0.438 e. The van der Waals surface area contributed by atoms with Crippen LogP contribution >= 0.6 is 7.14 Å². The van der Waals surface area contributed by atoms with Crippen LogP contribution in [0.4, 0.5) is 10.1 Å². The predicted octanol–water partition coefficient (Wildman–Crippen LogP) is 7.80. The number of carbonyl (C=O) groups is 1. The average molecular weight is 903 g/mol. The van der Waals surface area contributed by atoms with Crippen molar-refractivity contribution in [2.75, 3.05) is 44.4 Å². The summed E-state index contributed by atoms with van der Waals surface area (Å²) in [5, 5.41) is 13.9. The summed E-state index contributed by atoms with van der Waals surface area (Å²) in [5.41, 5.74) is 5.13. The van der Waals surface area contributed by atoms with E-state index in [-0.39, 0.29) is 29.9 Å². The van der Waals surface area contributed by atoms with Crippen LogP contribution in [0.15, 0.2) is 79.5 Å². The van der Waals surface area contributed by atoms with Gasteiger partial charge >= 0.3 is 11.4 Å². The molecule has 1 saturated heterocycles. The summed E-state index contributed by atoms with van der Waals surface area (Å²) in [6.07, 6.45) is 7.74. The third-order valence-corrected chi connectivity index (χ3v) is 17.4. The molecule has 6 heterocycles. The van der Waals surface area contributed by atoms with Crippen molar-refractivity contribution in [3.05, 3.63) is 133 Å². The molecule has 15 nitrogen and oxygen atoms in total. The van der Waals surface area contributed by atoms with E-state index >= 15 is 9.18 Å². The number of aryl methyl sites for hydroxylation is 2. The van der Waals surface area contributed by atoms with Gasteiger partial charge in [0, 0.05) is 85.4 Å². The van der Waals surface area contributed by atoms with Gasteiger partial charge in [-0.3, -0.25) is 23.4 Å². The second kappa shape index (κ2) is 16.0. The fraction of sp³-hybridized carbons (Fsp3) is 0.396. The van der Waals surface area contributed by atoms with Gasteiger partial charge in [0.1, 0.15) is 24.4 Å². The normalized spacial score (nSPS) is 17.5. The van der Waals surface area contributed by atoms with E-state index in [4.69, 9.17) is 18.8 Å². The molecular weight excluding hydrogens is 851 g/mol. The Hall–Kier alpha value is -6.25. The van der Waals surface area contributed by atoms with Gasteiger partial charge in [0.05, 0.1) is 28.5 Å². The van der Waals surface area contributed by atoms with Crippen molar-refractivity contribution in [2.45, 2.75) is 84.1 Å². The number of halogens is 1. The summed E-state index contributed by atoms with van der Waals surface area (Å²) in [5.74, 6) is -0.157. The molecule has 2 fully saturated rings. The number of nitrogens with one attached hydrogen (secondary N) is 2. The number of carbonyl (C=O) groups excluding carboxylic acids is 1. The first-order valence-corrected chi connectivity index (χ1v) is 24.5. The van der Waals surface area contributed by atoms with E-state index in [0.29, 0.717) is 107 Å². The lowest BCUT2D eigenvalue weighted by molar-refractivity contribution is 0.0644. The van der Waals surface area contributed by atoms with E-state index in [1.807, 2.05) is 45.0 Å². The SMILES string of the molecule is CCP(=O)(CC)c1ccc(-n2ccn(-c3c4c(nn3-c3cc(C)c(F)c(C)c3)CCN(C(=O)c3oc5cc(C6CCOCC6)ccc5c3C3(c5noc(=O)[nH]5)CC3)[C@H]4C)c2=O)cc1NC. The molecule has 1 atom stereocenters. The van der Waals surface area contributed by atoms with Gasteiger partial charge in [-0.05, 0) is 105 Å². The minimum atomic E-state index is -2.65. The molecule has 2 N–H and O–H groups in total. The van der Waals surface area contributed by atoms with Crippen molar-refractivity contribution in [1.82, 2.24) is 34.0 Å². The number of hydrogen-bond acceptors (Lipinski definition) is 10. The second-order valence-corrected chi connectivity index (χ2v) is 21.2. The average Bonchev–Trinajstić information content (AvgIpc) is 3.60. The molecule has 2 aliphatic heterocycles. The minimum Gasteiger partial charge on any atom is -0.451 e. The first kappa shape index (κ1) is 42.7. The lowest BCUT2D eigenvalue weighted by Crippen LogP contribution is -2.40. The van der Waals surface area contributed by atoms with Gasteiger partial charge in [0.15, 0.2) is 11.6 Å². The zero-order valence-corrected chi connectivity index (χ0v) is 38.3. The zero-order chi connectivity index (χ0) is 45.5. The van der Waals surface area contributed by atoms with E-state index < -0.39 is 30.0 Å². The Labute approximate surface area is 373 Å². The van der Waals surface area contributed by atoms with Crippen LogP contribution in [0.3, 0.4) is 0 Å². The van der Waals surface area contributed by atoms with Crippen LogP contribution in [-0.2, 0) is 21.1 Å². The van der Waals surface area contributed by atoms with Gasteiger partial charge in [0.2, 0.25) is 0 Å². The van der Waals surface area contributed by atoms with Crippen LogP contribution < -0.4 is 22.1 Å². The topological polar surface area (TPSA) is 175 Å². The molecule has 1 amide bonds. The molecule has 4 aromatic heterocycles. The Bertz CT molecular complexity index is 3170. The summed E-state index contributed by atoms with van der Waals surface area (Å²) >= 11 is 0. The van der Waals surface area contributed by atoms with Crippen LogP contribution in [0, 0.1) is 19.7 Å². The number of aromatic nitrogens is 6. The molecule has 65 heavy (non-hydrogen) atoms. The number of furan rings is 1. The molecule has 17 heteroatoms. The molecule has 3 aliphatic rings. The predicted molar refractivity (Wildman–Crippen MR) is 245 cm³/mol. The van der Waals surface area contributed by atoms with E-state index in [1.165, 1.54) is 9.13 Å². The number of anilines is 1. The van der Waals surface area contributed by atoms with E-state index in [9.17, 15) is 14.2 Å². The summed E-state index contributed by atoms with van der Waals surface area (Å²) < 4.78 is 51.0. The highest BCUT2D eigenvalue weighted by Gasteiger charge is 2.54. The van der Waals surface area contributed by atoms with Crippen LogP contribution in [0.5, 0.6) is 0 Å². The number of benzene rings is 3. The van der Waals surface area contributed by atoms with Crippen molar-refractivity contribution in [2.24, 2.45) is 0 Å². The Kier molecular flexibility index (Phi) is 10.5. The van der Waals surface area contributed by atoms with Gasteiger partial charge in [-0.15, -0.1) is 0 Å². The first-order chi connectivity index (χ1) is 31.3. The monoisotopic (exact) mass is 902 g/mol. The number of aromatic amines is 1. The lowest BCUT2D eigenvalue weighted by atomic mass is 9.88. The third-order valence-electron chi connectivity index (χ3n) is 14.1. The zero-order valence-electron chi connectivity index (χ0n) is 37.4. The molecule has 1 saturated carbocycles. The summed E-state index contributed by atoms with van der Waals surface area (Å²) in [6.45, 7) is 10.8. The number of nitrogens with zero attached hydrogens (tertiary/aromatic N) is 6. The fourth-order valence-corrected chi connectivity index (χ4v) is 12.3. The van der Waals surface area contributed by atoms with Crippen LogP contribution in [0.2, 0.25) is 0 Å². The number of amides is 1. The summed E-state index contributed by atoms with van der Waals surface area (Å²) in [6, 6.07) is 14.4. The van der Waals surface area contributed by atoms with E-state index in [1.54, 1.807) is 61.1 Å². The Morgan fingerprint density at radius 3 is 2.37 bits per heavy atom. The Morgan fingerprint density at radius 1 is 0.985 bits per heavy atom. The number of imidazole rings is 1. The Morgan fingerprint density at radius 2 is 1.71 bits per heavy atom. The van der Waals surface area contributed by atoms with Crippen molar-refractivity contribution < 1.29 is 27.4 Å². The number of fused-ring (bicyclic) bond motifs is 2. The molecule has 0 spiro atoms. The van der Waals surface area contributed by atoms with Crippen molar-refractivity contribution in [3.63, 3.8) is 0 Å². The van der Waals surface area contributed by atoms with Crippen LogP contribution in [0.1, 0.15) is 108 Å². The number of ether oxygens (including phenoxy) is 1. The third kappa shape index (κ3) is 6.86. The van der Waals surface area contributed by atoms with Gasteiger partial charge in [-0.25, -0.2) is 18.7 Å². The van der Waals surface area contributed by atoms with Crippen LogP contribution in [-0.4, -0.2) is 79.0 Å². The molecule has 1 aliphatic carbocycles. The van der Waals surface area contributed by atoms with Crippen molar-refractivity contribution in [1.29, 1.82) is 0 Å². The standard InChI is InChI=1S/C48H52FN8O7P/c1-7-65(61,8-2)38-12-10-32(26-36(38)50-6)55-19-20-56(47(55)60)43-39-29(5)54(18-13-35(39)52-57(43)33-23-27(3)41(49)28(4)24-33)44(58)42-40(48(16-17-48)45-51-46(59)64-53-45)34-11-9-31(25-37(34)63-42)30-14-21-62-22-15-30/h9-12,19-20,23-26,29-30,50H,7-8,13-18,21-22H2,1-6H3,(H,51,53,59)/t29-/m0/s1. The molecule has 3 aromatic carbocycles. The quantitative estimate of drug-likeness (QED) is 0.122. The highest BCUT2D eigenvalue weighted by atomic mass is 31.2. The number of rotatable bonds is 11. The Balaban J connectivity index is 1.10. The molecule has 0 radical (unpaired) electrons. The molecule has 7 aromatic rings. The molecule has 10 rings (SSSR count). The van der Waals surface area contributed by atoms with Crippen LogP contribution in [0.25, 0.3) is 28.2 Å². The molecule has 338 valence electrons. The molecular formula is C48H52FN8O7P. The highest BCUT2D eigenvalue weighted by Crippen LogP contribution is 2.56. The fourth-order valence-electron chi connectivity index (χ4n) is 10.2. The highest BCUT2D eigenvalue weighted by molar-refractivity contribution is 7.71. The van der Waals surface area contributed by atoms with Crippen molar-refractivity contribution in [3.8, 4) is 17.2 Å². The number of H-pyrrole nitrogens is 1. The smallest absolute Gasteiger partial charge is 0.438 e. The van der Waals surface area contributed by atoms with Gasteiger partial charge in [0.25, 0.3) is 5.91 Å². The van der Waals surface area contributed by atoms with E-state index in [2.05, 4.69) is 21.5 Å². The first-order valence-electron chi connectivity index (χ1n) is 22.4. The maximum absolute atomic E-state index is 15.3. The summed E-state index contributed by atoms with van der Waals surface area (Å²) in [4.78, 5) is 47.0. The molecule has 0 unspecified atom stereocenters.